The predicted molar refractivity (Wildman–Crippen MR) is 51.0 cm³/mol. The van der Waals surface area contributed by atoms with E-state index < -0.39 is 10.3 Å². The Morgan fingerprint density at radius 3 is 2.42 bits per heavy atom. The molecule has 0 saturated heterocycles. The van der Waals surface area contributed by atoms with E-state index in [1.807, 2.05) is 0 Å². The number of methoxy groups -OCH3 is 1. The largest absolute Gasteiger partial charge is 0.469 e. The Kier molecular flexibility index (Phi) is 5.30. The van der Waals surface area contributed by atoms with E-state index in [2.05, 4.69) is 4.74 Å². The fourth-order valence-corrected chi connectivity index (χ4v) is 1.87. The van der Waals surface area contributed by atoms with Crippen molar-refractivity contribution in [2.24, 2.45) is 0 Å². The second-order valence-corrected chi connectivity index (χ2v) is 4.98. The first kappa shape index (κ1) is 12.3. The quantitative estimate of drug-likeness (QED) is 0.551. The van der Waals surface area contributed by atoms with Gasteiger partial charge in [0.2, 0.25) is 0 Å². The molecule has 0 N–H and O–H groups in total. The molecule has 1 atom stereocenters. The number of hydrogen-bond donors (Lipinski definition) is 0. The van der Waals surface area contributed by atoms with Crippen LogP contribution in [0.4, 0.5) is 0 Å². The highest BCUT2D eigenvalue weighted by atomic mass is 35.5. The lowest BCUT2D eigenvalue weighted by Gasteiger charge is -2.18. The van der Waals surface area contributed by atoms with Gasteiger partial charge in [-0.3, -0.25) is 4.79 Å². The zero-order chi connectivity index (χ0) is 9.78. The van der Waals surface area contributed by atoms with Crippen molar-refractivity contribution in [2.75, 3.05) is 7.11 Å². The van der Waals surface area contributed by atoms with Crippen molar-refractivity contribution < 1.29 is 9.53 Å². The first-order valence-corrected chi connectivity index (χ1v) is 4.65. The van der Waals surface area contributed by atoms with Crippen LogP contribution in [-0.2, 0) is 9.53 Å². The molecule has 0 saturated carbocycles. The molecule has 0 bridgehead atoms. The maximum Gasteiger partial charge on any atom is 0.308 e. The lowest BCUT2D eigenvalue weighted by atomic mass is 10.2. The lowest BCUT2D eigenvalue weighted by molar-refractivity contribution is -0.140. The summed E-state index contributed by atoms with van der Waals surface area (Å²) in [6.45, 7) is 1.76. The average molecular weight is 234 g/mol. The molecule has 0 aromatic heterocycles. The zero-order valence-corrected chi connectivity index (χ0v) is 9.21. The van der Waals surface area contributed by atoms with E-state index in [0.29, 0.717) is 6.42 Å². The molecule has 0 aliphatic heterocycles. The van der Waals surface area contributed by atoms with E-state index >= 15 is 0 Å². The molecule has 0 fully saturated rings. The molecule has 0 aliphatic carbocycles. The minimum Gasteiger partial charge on any atom is -0.469 e. The van der Waals surface area contributed by atoms with Crippen molar-refractivity contribution in [3.8, 4) is 0 Å². The van der Waals surface area contributed by atoms with Gasteiger partial charge >= 0.3 is 5.97 Å². The van der Waals surface area contributed by atoms with E-state index in [1.165, 1.54) is 7.11 Å². The molecular formula is C7H11Cl3O2. The molecule has 12 heavy (non-hydrogen) atoms. The van der Waals surface area contributed by atoms with Crippen molar-refractivity contribution >= 4 is 40.8 Å². The number of alkyl halides is 3. The van der Waals surface area contributed by atoms with E-state index in [4.69, 9.17) is 34.8 Å². The van der Waals surface area contributed by atoms with E-state index in [1.54, 1.807) is 6.92 Å². The molecule has 0 rings (SSSR count). The van der Waals surface area contributed by atoms with Crippen molar-refractivity contribution in [2.45, 2.75) is 29.5 Å². The van der Waals surface area contributed by atoms with Gasteiger partial charge in [0.1, 0.15) is 4.33 Å². The Balaban J connectivity index is 3.94. The monoisotopic (exact) mass is 232 g/mol. The molecule has 1 unspecified atom stereocenters. The van der Waals surface area contributed by atoms with Crippen LogP contribution in [-0.4, -0.2) is 22.8 Å². The summed E-state index contributed by atoms with van der Waals surface area (Å²) >= 11 is 17.2. The number of rotatable bonds is 4. The number of esters is 1. The average Bonchev–Trinajstić information content (AvgIpc) is 1.83. The first-order chi connectivity index (χ1) is 5.37. The number of hydrogen-bond acceptors (Lipinski definition) is 2. The summed E-state index contributed by atoms with van der Waals surface area (Å²) in [4.78, 5) is 10.8. The maximum atomic E-state index is 10.8. The van der Waals surface area contributed by atoms with Crippen LogP contribution in [0.2, 0.25) is 0 Å². The number of carbonyl (C=O) groups is 1. The Labute approximate surface area is 87.1 Å². The fraction of sp³-hybridized carbons (Fsp3) is 0.857. The number of carbonyl (C=O) groups excluding carboxylic acids is 1. The smallest absolute Gasteiger partial charge is 0.308 e. The van der Waals surface area contributed by atoms with Gasteiger partial charge in [0.05, 0.1) is 13.5 Å². The summed E-state index contributed by atoms with van der Waals surface area (Å²) in [6, 6.07) is 0. The van der Waals surface area contributed by atoms with Crippen LogP contribution >= 0.6 is 34.8 Å². The van der Waals surface area contributed by atoms with Crippen molar-refractivity contribution in [1.29, 1.82) is 0 Å². The molecule has 0 aromatic carbocycles. The highest BCUT2D eigenvalue weighted by Crippen LogP contribution is 2.32. The Morgan fingerprint density at radius 1 is 1.58 bits per heavy atom. The summed E-state index contributed by atoms with van der Waals surface area (Å²) in [5.74, 6) is -0.433. The zero-order valence-electron chi connectivity index (χ0n) is 6.94. The van der Waals surface area contributed by atoms with Gasteiger partial charge in [-0.15, -0.1) is 34.8 Å². The summed E-state index contributed by atoms with van der Waals surface area (Å²) < 4.78 is 3.30. The van der Waals surface area contributed by atoms with Crippen LogP contribution in [0.3, 0.4) is 0 Å². The topological polar surface area (TPSA) is 26.3 Å². The van der Waals surface area contributed by atoms with Gasteiger partial charge in [-0.25, -0.2) is 0 Å². The number of ether oxygens (including phenoxy) is 1. The van der Waals surface area contributed by atoms with Crippen molar-refractivity contribution in [1.82, 2.24) is 0 Å². The van der Waals surface area contributed by atoms with Gasteiger partial charge in [0, 0.05) is 5.38 Å². The third-order valence-electron chi connectivity index (χ3n) is 1.21. The molecule has 0 spiro atoms. The van der Waals surface area contributed by atoms with Gasteiger partial charge in [-0.2, -0.15) is 0 Å². The molecule has 0 aliphatic rings. The summed E-state index contributed by atoms with van der Waals surface area (Å²) in [5.41, 5.74) is 0. The standard InChI is InChI=1S/C7H11Cl3O2/c1-5(8)3-7(9,10)4-6(11)12-2/h5H,3-4H2,1-2H3. The molecule has 72 valence electrons. The van der Waals surface area contributed by atoms with Gasteiger partial charge in [0.25, 0.3) is 0 Å². The summed E-state index contributed by atoms with van der Waals surface area (Å²) in [7, 11) is 1.29. The van der Waals surface area contributed by atoms with Crippen LogP contribution in [0.25, 0.3) is 0 Å². The van der Waals surface area contributed by atoms with Crippen LogP contribution < -0.4 is 0 Å². The van der Waals surface area contributed by atoms with Crippen molar-refractivity contribution in [3.05, 3.63) is 0 Å². The third-order valence-corrected chi connectivity index (χ3v) is 1.94. The fourth-order valence-electron chi connectivity index (χ4n) is 0.767. The van der Waals surface area contributed by atoms with E-state index in [0.717, 1.165) is 0 Å². The Morgan fingerprint density at radius 2 is 2.08 bits per heavy atom. The SMILES string of the molecule is COC(=O)CC(Cl)(Cl)CC(C)Cl. The maximum absolute atomic E-state index is 10.8. The molecule has 0 heterocycles. The minimum atomic E-state index is -1.12. The van der Waals surface area contributed by atoms with Crippen LogP contribution in [0.15, 0.2) is 0 Å². The predicted octanol–water partition coefficient (Wildman–Crippen LogP) is 2.74. The van der Waals surface area contributed by atoms with Gasteiger partial charge in [-0.05, 0) is 13.3 Å². The normalized spacial score (nSPS) is 14.1. The number of halogens is 3. The van der Waals surface area contributed by atoms with Gasteiger partial charge in [-0.1, -0.05) is 0 Å². The molecule has 2 nitrogen and oxygen atoms in total. The van der Waals surface area contributed by atoms with Crippen molar-refractivity contribution in [3.63, 3.8) is 0 Å². The van der Waals surface area contributed by atoms with Crippen LogP contribution in [0.1, 0.15) is 19.8 Å². The highest BCUT2D eigenvalue weighted by Gasteiger charge is 2.29. The minimum absolute atomic E-state index is 0.0380. The summed E-state index contributed by atoms with van der Waals surface area (Å²) in [5, 5.41) is -0.162. The second-order valence-electron chi connectivity index (χ2n) is 2.59. The van der Waals surface area contributed by atoms with E-state index in [9.17, 15) is 4.79 Å². The first-order valence-electron chi connectivity index (χ1n) is 3.46. The molecule has 0 aromatic rings. The molecular weight excluding hydrogens is 222 g/mol. The Bertz CT molecular complexity index is 157. The molecule has 0 radical (unpaired) electrons. The molecule has 5 heteroatoms. The van der Waals surface area contributed by atoms with Gasteiger partial charge < -0.3 is 4.74 Å². The summed E-state index contributed by atoms with van der Waals surface area (Å²) in [6.07, 6.45) is 0.316. The van der Waals surface area contributed by atoms with Crippen LogP contribution in [0.5, 0.6) is 0 Å². The highest BCUT2D eigenvalue weighted by molar-refractivity contribution is 6.49. The lowest BCUT2D eigenvalue weighted by Crippen LogP contribution is -2.22. The molecule has 0 amide bonds. The second kappa shape index (κ2) is 5.15. The third kappa shape index (κ3) is 5.92. The Hall–Kier alpha value is 0.340. The van der Waals surface area contributed by atoms with Crippen LogP contribution in [0, 0.1) is 0 Å². The van der Waals surface area contributed by atoms with E-state index in [-0.39, 0.29) is 11.8 Å². The van der Waals surface area contributed by atoms with Gasteiger partial charge in [0.15, 0.2) is 0 Å².